The van der Waals surface area contributed by atoms with Crippen molar-refractivity contribution in [2.24, 2.45) is 0 Å². The fraction of sp³-hybridized carbons (Fsp3) is 0.471. The number of aliphatic carboxylic acids is 1. The van der Waals surface area contributed by atoms with E-state index in [0.29, 0.717) is 18.1 Å². The molecule has 1 aliphatic heterocycles. The number of aromatic carboxylic acids is 1. The van der Waals surface area contributed by atoms with E-state index in [1.165, 1.54) is 19.3 Å². The van der Waals surface area contributed by atoms with Crippen LogP contribution in [0.2, 0.25) is 0 Å². The van der Waals surface area contributed by atoms with Crippen LogP contribution < -0.4 is 15.6 Å². The second kappa shape index (κ2) is 9.24. The van der Waals surface area contributed by atoms with Gasteiger partial charge in [0, 0.05) is 45.1 Å². The quantitative estimate of drug-likeness (QED) is 0.527. The molecule has 1 saturated heterocycles. The van der Waals surface area contributed by atoms with Gasteiger partial charge in [-0.3, -0.25) is 4.79 Å². The molecule has 0 aliphatic carbocycles. The molecular formula is C17H23N5O6. The molecule has 2 aromatic heterocycles. The van der Waals surface area contributed by atoms with Crippen molar-refractivity contribution < 1.29 is 24.9 Å². The highest BCUT2D eigenvalue weighted by molar-refractivity contribution is 5.91. The number of rotatable bonds is 4. The largest absolute Gasteiger partial charge is 0.479 e. The Morgan fingerprint density at radius 1 is 1.29 bits per heavy atom. The molecule has 0 saturated carbocycles. The van der Waals surface area contributed by atoms with Gasteiger partial charge in [-0.05, 0) is 13.8 Å². The van der Waals surface area contributed by atoms with Gasteiger partial charge in [0.15, 0.2) is 0 Å². The molecule has 0 spiro atoms. The number of nitrogens with one attached hydrogen (secondary N) is 1. The number of nitrogens with zero attached hydrogens (tertiary/aromatic N) is 4. The molecule has 11 nitrogen and oxygen atoms in total. The van der Waals surface area contributed by atoms with Gasteiger partial charge in [-0.2, -0.15) is 4.98 Å². The number of aryl methyl sites for hydroxylation is 1. The Labute approximate surface area is 160 Å². The van der Waals surface area contributed by atoms with Crippen molar-refractivity contribution in [1.29, 1.82) is 0 Å². The number of fused-ring (bicyclic) bond motifs is 1. The Kier molecular flexibility index (Phi) is 7.01. The molecule has 1 fully saturated rings. The highest BCUT2D eigenvalue weighted by Crippen LogP contribution is 2.14. The summed E-state index contributed by atoms with van der Waals surface area (Å²) in [6.07, 6.45) is 1.55. The van der Waals surface area contributed by atoms with Gasteiger partial charge in [0.05, 0.1) is 5.39 Å². The second-order valence-electron chi connectivity index (χ2n) is 6.12. The average Bonchev–Trinajstić information content (AvgIpc) is 2.69. The van der Waals surface area contributed by atoms with Crippen molar-refractivity contribution in [3.8, 4) is 0 Å². The first-order valence-corrected chi connectivity index (χ1v) is 8.76. The molecule has 2 aromatic rings. The fourth-order valence-electron chi connectivity index (χ4n) is 2.57. The van der Waals surface area contributed by atoms with Gasteiger partial charge in [-0.1, -0.05) is 0 Å². The molecule has 3 rings (SSSR count). The van der Waals surface area contributed by atoms with Crippen molar-refractivity contribution in [2.75, 3.05) is 31.1 Å². The topological polar surface area (TPSA) is 158 Å². The third-order valence-electron chi connectivity index (χ3n) is 4.13. The number of carboxylic acid groups (broad SMARTS) is 2. The van der Waals surface area contributed by atoms with Gasteiger partial charge in [0.1, 0.15) is 17.3 Å². The second-order valence-corrected chi connectivity index (χ2v) is 6.12. The van der Waals surface area contributed by atoms with Crippen LogP contribution in [0.5, 0.6) is 0 Å². The number of anilines is 1. The molecule has 0 radical (unpaired) electrons. The number of hydrogen-bond donors (Lipinski definition) is 4. The summed E-state index contributed by atoms with van der Waals surface area (Å²) in [6.45, 7) is 6.92. The number of carbonyl (C=O) groups is 2. The van der Waals surface area contributed by atoms with E-state index in [1.54, 1.807) is 4.57 Å². The molecule has 152 valence electrons. The summed E-state index contributed by atoms with van der Waals surface area (Å²) in [5, 5.41) is 28.4. The molecule has 0 aromatic carbocycles. The van der Waals surface area contributed by atoms with Crippen LogP contribution in [0.4, 0.5) is 5.95 Å². The highest BCUT2D eigenvalue weighted by Gasteiger charge is 2.18. The summed E-state index contributed by atoms with van der Waals surface area (Å²) in [5.74, 6) is -1.85. The van der Waals surface area contributed by atoms with Crippen molar-refractivity contribution >= 4 is 28.9 Å². The molecule has 0 amide bonds. The van der Waals surface area contributed by atoms with Crippen LogP contribution >= 0.6 is 0 Å². The number of piperazine rings is 1. The van der Waals surface area contributed by atoms with Gasteiger partial charge in [0.25, 0.3) is 0 Å². The molecular weight excluding hydrogens is 370 g/mol. The third-order valence-corrected chi connectivity index (χ3v) is 4.13. The van der Waals surface area contributed by atoms with E-state index in [-0.39, 0.29) is 10.9 Å². The fourth-order valence-corrected chi connectivity index (χ4v) is 2.57. The van der Waals surface area contributed by atoms with Crippen molar-refractivity contribution in [3.05, 3.63) is 28.2 Å². The van der Waals surface area contributed by atoms with Crippen molar-refractivity contribution in [1.82, 2.24) is 19.9 Å². The minimum absolute atomic E-state index is 0.237. The lowest BCUT2D eigenvalue weighted by atomic mass is 10.2. The number of aliphatic hydroxyl groups is 1. The van der Waals surface area contributed by atoms with E-state index in [4.69, 9.17) is 15.3 Å². The van der Waals surface area contributed by atoms with Gasteiger partial charge >= 0.3 is 11.9 Å². The SMILES string of the molecule is CC(O)C(=O)O.CCn1cc(C(=O)O)c(=O)c2cnc(N3CCNCC3)nc21. The van der Waals surface area contributed by atoms with E-state index in [9.17, 15) is 14.4 Å². The van der Waals surface area contributed by atoms with Gasteiger partial charge in [0.2, 0.25) is 11.4 Å². The Balaban J connectivity index is 0.000000409. The van der Waals surface area contributed by atoms with Crippen molar-refractivity contribution in [2.45, 2.75) is 26.5 Å². The lowest BCUT2D eigenvalue weighted by Crippen LogP contribution is -2.44. The molecule has 0 bridgehead atoms. The van der Waals surface area contributed by atoms with Gasteiger partial charge < -0.3 is 30.1 Å². The predicted molar refractivity (Wildman–Crippen MR) is 101 cm³/mol. The Morgan fingerprint density at radius 2 is 1.89 bits per heavy atom. The first kappa shape index (κ1) is 21.3. The van der Waals surface area contributed by atoms with E-state index < -0.39 is 23.5 Å². The maximum absolute atomic E-state index is 12.2. The van der Waals surface area contributed by atoms with Crippen LogP contribution in [-0.4, -0.2) is 74.1 Å². The normalized spacial score (nSPS) is 14.9. The zero-order valence-corrected chi connectivity index (χ0v) is 15.6. The van der Waals surface area contributed by atoms with Crippen molar-refractivity contribution in [3.63, 3.8) is 0 Å². The summed E-state index contributed by atoms with van der Waals surface area (Å²) in [7, 11) is 0. The van der Waals surface area contributed by atoms with Crippen LogP contribution in [0.15, 0.2) is 17.2 Å². The minimum atomic E-state index is -1.24. The first-order chi connectivity index (χ1) is 13.3. The molecule has 1 unspecified atom stereocenters. The summed E-state index contributed by atoms with van der Waals surface area (Å²) >= 11 is 0. The van der Waals surface area contributed by atoms with E-state index in [1.807, 2.05) is 11.8 Å². The van der Waals surface area contributed by atoms with E-state index in [0.717, 1.165) is 26.2 Å². The zero-order chi connectivity index (χ0) is 20.8. The standard InChI is InChI=1S/C14H17N5O3.C3H6O3/c1-2-18-8-10(13(21)22)11(20)9-7-16-14(17-12(9)18)19-5-3-15-4-6-19;1-2(4)3(5)6/h7-8,15H,2-6H2,1H3,(H,21,22);2,4H,1H3,(H,5,6). The lowest BCUT2D eigenvalue weighted by Gasteiger charge is -2.27. The molecule has 1 aliphatic rings. The molecule has 11 heteroatoms. The van der Waals surface area contributed by atoms with Gasteiger partial charge in [-0.15, -0.1) is 0 Å². The molecule has 3 heterocycles. The summed E-state index contributed by atoms with van der Waals surface area (Å²) in [4.78, 5) is 43.6. The third kappa shape index (κ3) is 4.81. The van der Waals surface area contributed by atoms with E-state index >= 15 is 0 Å². The highest BCUT2D eigenvalue weighted by atomic mass is 16.4. The monoisotopic (exact) mass is 393 g/mol. The maximum Gasteiger partial charge on any atom is 0.341 e. The van der Waals surface area contributed by atoms with Crippen LogP contribution in [0.25, 0.3) is 11.0 Å². The summed E-state index contributed by atoms with van der Waals surface area (Å²) in [6, 6.07) is 0. The van der Waals surface area contributed by atoms with Crippen LogP contribution in [0, 0.1) is 0 Å². The van der Waals surface area contributed by atoms with E-state index in [2.05, 4.69) is 15.3 Å². The minimum Gasteiger partial charge on any atom is -0.479 e. The molecule has 4 N–H and O–H groups in total. The van der Waals surface area contributed by atoms with Crippen LogP contribution in [0.1, 0.15) is 24.2 Å². The Hall–Kier alpha value is -3.05. The van der Waals surface area contributed by atoms with Gasteiger partial charge in [-0.25, -0.2) is 14.6 Å². The average molecular weight is 393 g/mol. The molecule has 1 atom stereocenters. The Morgan fingerprint density at radius 3 is 2.39 bits per heavy atom. The number of hydrogen-bond acceptors (Lipinski definition) is 8. The predicted octanol–water partition coefficient (Wildman–Crippen LogP) is -0.629. The zero-order valence-electron chi connectivity index (χ0n) is 15.6. The number of pyridine rings is 1. The first-order valence-electron chi connectivity index (χ1n) is 8.76. The maximum atomic E-state index is 12.2. The lowest BCUT2D eigenvalue weighted by molar-refractivity contribution is -0.145. The number of aromatic nitrogens is 3. The smallest absolute Gasteiger partial charge is 0.341 e. The van der Waals surface area contributed by atoms with Crippen LogP contribution in [-0.2, 0) is 11.3 Å². The summed E-state index contributed by atoms with van der Waals surface area (Å²) in [5.41, 5.74) is -0.326. The Bertz CT molecular complexity index is 920. The number of carboxylic acids is 2. The van der Waals surface area contributed by atoms with Crippen LogP contribution in [0.3, 0.4) is 0 Å². The summed E-state index contributed by atoms with van der Waals surface area (Å²) < 4.78 is 1.67. The molecule has 28 heavy (non-hydrogen) atoms. The number of aliphatic hydroxyl groups excluding tert-OH is 1.